The summed E-state index contributed by atoms with van der Waals surface area (Å²) < 4.78 is 26.2. The summed E-state index contributed by atoms with van der Waals surface area (Å²) in [7, 11) is 2.23. The van der Waals surface area contributed by atoms with Gasteiger partial charge in [0.15, 0.2) is 23.4 Å². The number of rotatable bonds is 5. The fourth-order valence-electron chi connectivity index (χ4n) is 3.77. The van der Waals surface area contributed by atoms with Gasteiger partial charge in [-0.1, -0.05) is 0 Å². The van der Waals surface area contributed by atoms with Gasteiger partial charge in [-0.2, -0.15) is 0 Å². The Morgan fingerprint density at radius 1 is 0.944 bits per heavy atom. The topological polar surface area (TPSA) is 206 Å². The van der Waals surface area contributed by atoms with Crippen molar-refractivity contribution in [3.8, 4) is 40.1 Å². The number of phenols is 3. The lowest BCUT2D eigenvalue weighted by Gasteiger charge is -2.38. The van der Waals surface area contributed by atoms with Crippen LogP contribution in [0.2, 0.25) is 0 Å². The van der Waals surface area contributed by atoms with Crippen LogP contribution in [-0.2, 0) is 14.3 Å². The molecule has 0 bridgehead atoms. The average molecular weight is 506 g/mol. The highest BCUT2D eigenvalue weighted by molar-refractivity contribution is 5.88. The molecule has 0 spiro atoms. The van der Waals surface area contributed by atoms with E-state index >= 15 is 0 Å². The van der Waals surface area contributed by atoms with Gasteiger partial charge in [0.1, 0.15) is 40.8 Å². The molecule has 1 aromatic heterocycles. The summed E-state index contributed by atoms with van der Waals surface area (Å²) in [4.78, 5) is 24.8. The van der Waals surface area contributed by atoms with Crippen LogP contribution in [0.15, 0.2) is 39.5 Å². The van der Waals surface area contributed by atoms with Gasteiger partial charge in [-0.25, -0.2) is 4.79 Å². The van der Waals surface area contributed by atoms with Crippen LogP contribution in [-0.4, -0.2) is 81.5 Å². The molecule has 1 aliphatic rings. The predicted molar refractivity (Wildman–Crippen MR) is 119 cm³/mol. The lowest BCUT2D eigenvalue weighted by atomic mass is 9.99. The van der Waals surface area contributed by atoms with E-state index in [2.05, 4.69) is 4.74 Å². The predicted octanol–water partition coefficient (Wildman–Crippen LogP) is -0.0552. The lowest BCUT2D eigenvalue weighted by molar-refractivity contribution is -0.272. The van der Waals surface area contributed by atoms with Crippen LogP contribution in [0.4, 0.5) is 0 Å². The van der Waals surface area contributed by atoms with Gasteiger partial charge in [0.25, 0.3) is 0 Å². The van der Waals surface area contributed by atoms with Crippen molar-refractivity contribution in [2.45, 2.75) is 30.7 Å². The Morgan fingerprint density at radius 3 is 2.33 bits per heavy atom. The minimum absolute atomic E-state index is 0.122. The number of methoxy groups -OCH3 is 2. The molecule has 1 saturated heterocycles. The molecule has 5 atom stereocenters. The fraction of sp³-hybridized carbons (Fsp3) is 0.304. The van der Waals surface area contributed by atoms with Crippen molar-refractivity contribution >= 4 is 16.9 Å². The molecular weight excluding hydrogens is 484 g/mol. The van der Waals surface area contributed by atoms with E-state index in [0.29, 0.717) is 0 Å². The monoisotopic (exact) mass is 506 g/mol. The van der Waals surface area contributed by atoms with Gasteiger partial charge >= 0.3 is 5.97 Å². The maximum Gasteiger partial charge on any atom is 0.337 e. The van der Waals surface area contributed by atoms with Crippen molar-refractivity contribution in [1.29, 1.82) is 0 Å². The Balaban J connectivity index is 1.76. The molecule has 6 N–H and O–H groups in total. The van der Waals surface area contributed by atoms with Crippen LogP contribution in [0.1, 0.15) is 0 Å². The van der Waals surface area contributed by atoms with Gasteiger partial charge < -0.3 is 54.0 Å². The number of esters is 1. The molecule has 0 saturated carbocycles. The second-order valence-corrected chi connectivity index (χ2v) is 7.85. The Labute approximate surface area is 201 Å². The Kier molecular flexibility index (Phi) is 6.65. The van der Waals surface area contributed by atoms with Gasteiger partial charge in [-0.15, -0.1) is 0 Å². The van der Waals surface area contributed by atoms with E-state index in [-0.39, 0.29) is 39.5 Å². The summed E-state index contributed by atoms with van der Waals surface area (Å²) in [6.07, 6.45) is -8.91. The zero-order valence-electron chi connectivity index (χ0n) is 18.8. The molecule has 4 rings (SSSR count). The van der Waals surface area contributed by atoms with Crippen LogP contribution < -0.4 is 14.9 Å². The number of ether oxygens (including phenoxy) is 4. The van der Waals surface area contributed by atoms with E-state index in [9.17, 15) is 40.2 Å². The standard InChI is InChI=1S/C23H22O13/c1-32-20-15(27)14-11(26)6-9(24)7-13(14)34-19(20)8-3-4-10(25)12(5-8)35-23-18(30)16(28)17(29)21(36-23)22(31)33-2/h3-7,16-18,21,23-26,28-30H,1-2H3/t16-,17-,18+,21-,23+/m0/s1. The van der Waals surface area contributed by atoms with Crippen molar-refractivity contribution < 1.29 is 58.8 Å². The van der Waals surface area contributed by atoms with Crippen LogP contribution in [0.25, 0.3) is 22.3 Å². The quantitative estimate of drug-likeness (QED) is 0.251. The number of aliphatic hydroxyl groups is 3. The number of benzene rings is 2. The van der Waals surface area contributed by atoms with Gasteiger partial charge in [-0.3, -0.25) is 4.79 Å². The van der Waals surface area contributed by atoms with Crippen molar-refractivity contribution in [2.24, 2.45) is 0 Å². The summed E-state index contributed by atoms with van der Waals surface area (Å²) in [6, 6.07) is 5.76. The zero-order valence-corrected chi connectivity index (χ0v) is 18.8. The summed E-state index contributed by atoms with van der Waals surface area (Å²) >= 11 is 0. The molecule has 192 valence electrons. The van der Waals surface area contributed by atoms with Crippen LogP contribution in [0.3, 0.4) is 0 Å². The fourth-order valence-corrected chi connectivity index (χ4v) is 3.77. The van der Waals surface area contributed by atoms with Crippen molar-refractivity contribution in [3.05, 3.63) is 40.6 Å². The molecule has 36 heavy (non-hydrogen) atoms. The molecule has 0 amide bonds. The molecule has 2 heterocycles. The smallest absolute Gasteiger partial charge is 0.337 e. The number of phenolic OH excluding ortho intramolecular Hbond substituents is 3. The molecule has 13 nitrogen and oxygen atoms in total. The Bertz CT molecular complexity index is 1360. The van der Waals surface area contributed by atoms with Gasteiger partial charge in [0.05, 0.1) is 14.2 Å². The van der Waals surface area contributed by atoms with Crippen LogP contribution in [0.5, 0.6) is 28.7 Å². The van der Waals surface area contributed by atoms with Crippen LogP contribution >= 0.6 is 0 Å². The van der Waals surface area contributed by atoms with E-state index < -0.39 is 53.6 Å². The molecule has 1 aliphatic heterocycles. The molecule has 1 fully saturated rings. The Hall–Kier alpha value is -4.04. The minimum atomic E-state index is -1.85. The third-order valence-electron chi connectivity index (χ3n) is 5.59. The number of carbonyl (C=O) groups is 1. The van der Waals surface area contributed by atoms with Gasteiger partial charge in [0, 0.05) is 17.7 Å². The molecule has 13 heteroatoms. The number of aliphatic hydroxyl groups excluding tert-OH is 3. The van der Waals surface area contributed by atoms with Gasteiger partial charge in [0.2, 0.25) is 17.5 Å². The first kappa shape index (κ1) is 25.1. The largest absolute Gasteiger partial charge is 0.508 e. The summed E-state index contributed by atoms with van der Waals surface area (Å²) in [5.41, 5.74) is -0.782. The minimum Gasteiger partial charge on any atom is -0.508 e. The van der Waals surface area contributed by atoms with Crippen LogP contribution in [0, 0.1) is 0 Å². The summed E-state index contributed by atoms with van der Waals surface area (Å²) in [6.45, 7) is 0. The molecule has 2 aromatic carbocycles. The van der Waals surface area contributed by atoms with Gasteiger partial charge in [-0.05, 0) is 18.2 Å². The van der Waals surface area contributed by atoms with E-state index in [4.69, 9.17) is 18.6 Å². The number of hydrogen-bond donors (Lipinski definition) is 6. The molecule has 3 aromatic rings. The average Bonchev–Trinajstić information content (AvgIpc) is 2.84. The highest BCUT2D eigenvalue weighted by Crippen LogP contribution is 2.39. The zero-order chi connectivity index (χ0) is 26.3. The van der Waals surface area contributed by atoms with E-state index in [1.54, 1.807) is 0 Å². The van der Waals surface area contributed by atoms with Crippen molar-refractivity contribution in [1.82, 2.24) is 0 Å². The second-order valence-electron chi connectivity index (χ2n) is 7.85. The maximum absolute atomic E-state index is 12.9. The van der Waals surface area contributed by atoms with E-state index in [0.717, 1.165) is 25.3 Å². The SMILES string of the molecule is COC(=O)[C@H]1O[C@@H](Oc2cc(-c3oc4cc(O)cc(O)c4c(=O)c3OC)ccc2O)[C@H](O)[C@@H](O)[C@@H]1O. The lowest BCUT2D eigenvalue weighted by Crippen LogP contribution is -2.61. The number of fused-ring (bicyclic) bond motifs is 1. The maximum atomic E-state index is 12.9. The molecule has 0 radical (unpaired) electrons. The first-order chi connectivity index (χ1) is 17.1. The number of hydrogen-bond acceptors (Lipinski definition) is 13. The molecular formula is C23H22O13. The number of carbonyl (C=O) groups excluding carboxylic acids is 1. The second kappa shape index (κ2) is 9.54. The molecule has 0 aliphatic carbocycles. The third kappa shape index (κ3) is 4.24. The van der Waals surface area contributed by atoms with E-state index in [1.807, 2.05) is 0 Å². The third-order valence-corrected chi connectivity index (χ3v) is 5.59. The highest BCUT2D eigenvalue weighted by Gasteiger charge is 2.48. The summed E-state index contributed by atoms with van der Waals surface area (Å²) in [5, 5.41) is 60.4. The highest BCUT2D eigenvalue weighted by atomic mass is 16.7. The Morgan fingerprint density at radius 2 is 1.67 bits per heavy atom. The number of aromatic hydroxyl groups is 3. The van der Waals surface area contributed by atoms with Crippen molar-refractivity contribution in [2.75, 3.05) is 14.2 Å². The first-order valence-electron chi connectivity index (χ1n) is 10.4. The van der Waals surface area contributed by atoms with E-state index in [1.165, 1.54) is 19.2 Å². The molecule has 0 unspecified atom stereocenters. The van der Waals surface area contributed by atoms with Crippen molar-refractivity contribution in [3.63, 3.8) is 0 Å². The summed E-state index contributed by atoms with van der Waals surface area (Å²) in [5.74, 6) is -3.17. The normalized spacial score (nSPS) is 23.9. The first-order valence-corrected chi connectivity index (χ1v) is 10.4.